The van der Waals surface area contributed by atoms with E-state index in [1.807, 2.05) is 13.0 Å². The maximum Gasteiger partial charge on any atom is 0.323 e. The molecule has 0 spiro atoms. The number of nitrogens with one attached hydrogen (secondary N) is 4. The van der Waals surface area contributed by atoms with Gasteiger partial charge in [-0.2, -0.15) is 5.10 Å². The number of aromatic nitrogens is 2. The molecule has 27 heavy (non-hydrogen) atoms. The molecule has 0 fully saturated rings. The summed E-state index contributed by atoms with van der Waals surface area (Å²) in [4.78, 5) is 23.0. The van der Waals surface area contributed by atoms with E-state index in [0.29, 0.717) is 29.9 Å². The Hall–Kier alpha value is -3.68. The minimum absolute atomic E-state index is 0.117. The third-order valence-electron chi connectivity index (χ3n) is 3.82. The Morgan fingerprint density at radius 3 is 2.85 bits per heavy atom. The fraction of sp³-hybridized carbons (Fsp3) is 0.105. The molecule has 0 radical (unpaired) electrons. The second kappa shape index (κ2) is 8.13. The molecule has 8 heteroatoms. The molecule has 0 saturated carbocycles. The summed E-state index contributed by atoms with van der Waals surface area (Å²) in [6.45, 7) is 2.25. The number of nitrogens with zero attached hydrogens (tertiary/aromatic N) is 1. The molecule has 2 amide bonds. The predicted molar refractivity (Wildman–Crippen MR) is 102 cm³/mol. The maximum absolute atomic E-state index is 13.7. The molecule has 2 aromatic carbocycles. The van der Waals surface area contributed by atoms with Gasteiger partial charge in [-0.25, -0.2) is 9.18 Å². The van der Waals surface area contributed by atoms with Crippen LogP contribution in [0.15, 0.2) is 48.7 Å². The van der Waals surface area contributed by atoms with Crippen LogP contribution in [0.3, 0.4) is 0 Å². The first kappa shape index (κ1) is 18.1. The van der Waals surface area contributed by atoms with E-state index in [-0.39, 0.29) is 5.69 Å². The Kier molecular flexibility index (Phi) is 5.46. The van der Waals surface area contributed by atoms with Crippen molar-refractivity contribution in [3.63, 3.8) is 0 Å². The van der Waals surface area contributed by atoms with Gasteiger partial charge in [0.05, 0.1) is 17.6 Å². The molecule has 0 saturated heterocycles. The first-order valence-electron chi connectivity index (χ1n) is 8.20. The molecule has 138 valence electrons. The Morgan fingerprint density at radius 1 is 1.19 bits per heavy atom. The van der Waals surface area contributed by atoms with E-state index in [0.717, 1.165) is 11.1 Å². The molecule has 3 rings (SSSR count). The van der Waals surface area contributed by atoms with E-state index in [1.54, 1.807) is 30.3 Å². The number of anilines is 3. The highest BCUT2D eigenvalue weighted by Gasteiger charge is 2.08. The summed E-state index contributed by atoms with van der Waals surface area (Å²) in [5.74, 6) is -0.500. The van der Waals surface area contributed by atoms with E-state index in [9.17, 15) is 14.0 Å². The van der Waals surface area contributed by atoms with Crippen LogP contribution in [0.2, 0.25) is 0 Å². The van der Waals surface area contributed by atoms with Gasteiger partial charge in [0.1, 0.15) is 11.5 Å². The number of benzene rings is 2. The summed E-state index contributed by atoms with van der Waals surface area (Å²) in [6.07, 6.45) is 2.21. The van der Waals surface area contributed by atoms with E-state index in [1.165, 1.54) is 12.3 Å². The van der Waals surface area contributed by atoms with Gasteiger partial charge in [0.2, 0.25) is 0 Å². The number of aldehydes is 1. The van der Waals surface area contributed by atoms with Crippen LogP contribution in [0.4, 0.5) is 26.2 Å². The van der Waals surface area contributed by atoms with Crippen molar-refractivity contribution in [2.45, 2.75) is 13.5 Å². The van der Waals surface area contributed by atoms with Gasteiger partial charge in [0, 0.05) is 12.2 Å². The predicted octanol–water partition coefficient (Wildman–Crippen LogP) is 3.93. The van der Waals surface area contributed by atoms with Gasteiger partial charge in [0.25, 0.3) is 0 Å². The standard InChI is InChI=1S/C19H18FN5O2/c1-12-5-6-15(20)16(7-12)24-19(27)23-14-4-2-3-13(8-14)9-21-17-10-22-25-18(17)11-26/h2-8,10-11,21H,9H2,1H3,(H,22,25)(H2,23,24,27). The van der Waals surface area contributed by atoms with Gasteiger partial charge in [-0.05, 0) is 42.3 Å². The van der Waals surface area contributed by atoms with Gasteiger partial charge in [0.15, 0.2) is 6.29 Å². The summed E-state index contributed by atoms with van der Waals surface area (Å²) in [7, 11) is 0. The van der Waals surface area contributed by atoms with Crippen molar-refractivity contribution < 1.29 is 14.0 Å². The fourth-order valence-electron chi connectivity index (χ4n) is 2.50. The Balaban J connectivity index is 1.62. The largest absolute Gasteiger partial charge is 0.378 e. The van der Waals surface area contributed by atoms with Crippen LogP contribution in [0.25, 0.3) is 0 Å². The number of H-pyrrole nitrogens is 1. The Labute approximate surface area is 155 Å². The Morgan fingerprint density at radius 2 is 2.04 bits per heavy atom. The molecule has 0 aliphatic carbocycles. The third kappa shape index (κ3) is 4.69. The summed E-state index contributed by atoms with van der Waals surface area (Å²) >= 11 is 0. The first-order chi connectivity index (χ1) is 13.0. The van der Waals surface area contributed by atoms with E-state index < -0.39 is 11.8 Å². The molecular weight excluding hydrogens is 349 g/mol. The van der Waals surface area contributed by atoms with Crippen LogP contribution >= 0.6 is 0 Å². The van der Waals surface area contributed by atoms with Crippen molar-refractivity contribution in [3.05, 3.63) is 71.3 Å². The van der Waals surface area contributed by atoms with Crippen molar-refractivity contribution in [1.82, 2.24) is 10.2 Å². The lowest BCUT2D eigenvalue weighted by atomic mass is 10.2. The number of urea groups is 1. The lowest BCUT2D eigenvalue weighted by Gasteiger charge is -2.11. The van der Waals surface area contributed by atoms with Crippen molar-refractivity contribution in [2.75, 3.05) is 16.0 Å². The highest BCUT2D eigenvalue weighted by Crippen LogP contribution is 2.17. The zero-order valence-corrected chi connectivity index (χ0v) is 14.5. The molecule has 1 aromatic heterocycles. The number of aryl methyl sites for hydroxylation is 1. The number of carbonyl (C=O) groups excluding carboxylic acids is 2. The summed E-state index contributed by atoms with van der Waals surface area (Å²) in [6, 6.07) is 11.1. The fourth-order valence-corrected chi connectivity index (χ4v) is 2.50. The monoisotopic (exact) mass is 367 g/mol. The SMILES string of the molecule is Cc1ccc(F)c(NC(=O)Nc2cccc(CNc3cn[nH]c3C=O)c2)c1. The number of hydrogen-bond donors (Lipinski definition) is 4. The van der Waals surface area contributed by atoms with Gasteiger partial charge < -0.3 is 16.0 Å². The molecule has 1 heterocycles. The molecule has 7 nitrogen and oxygen atoms in total. The molecule has 0 atom stereocenters. The average Bonchev–Trinajstić information content (AvgIpc) is 3.11. The highest BCUT2D eigenvalue weighted by atomic mass is 19.1. The maximum atomic E-state index is 13.7. The number of rotatable bonds is 6. The third-order valence-corrected chi connectivity index (χ3v) is 3.82. The molecule has 0 aliphatic rings. The zero-order valence-electron chi connectivity index (χ0n) is 14.5. The van der Waals surface area contributed by atoms with E-state index in [4.69, 9.17) is 0 Å². The average molecular weight is 367 g/mol. The molecule has 4 N–H and O–H groups in total. The van der Waals surface area contributed by atoms with Crippen molar-refractivity contribution in [2.24, 2.45) is 0 Å². The summed E-state index contributed by atoms with van der Waals surface area (Å²) in [5, 5.41) is 14.6. The van der Waals surface area contributed by atoms with Crippen molar-refractivity contribution in [3.8, 4) is 0 Å². The van der Waals surface area contributed by atoms with Crippen LogP contribution in [0.5, 0.6) is 0 Å². The van der Waals surface area contributed by atoms with Crippen molar-refractivity contribution >= 4 is 29.4 Å². The molecule has 0 bridgehead atoms. The quantitative estimate of drug-likeness (QED) is 0.496. The molecule has 0 aliphatic heterocycles. The molecule has 3 aromatic rings. The lowest BCUT2D eigenvalue weighted by Crippen LogP contribution is -2.20. The molecular formula is C19H18FN5O2. The van der Waals surface area contributed by atoms with Crippen LogP contribution < -0.4 is 16.0 Å². The zero-order chi connectivity index (χ0) is 19.2. The highest BCUT2D eigenvalue weighted by molar-refractivity contribution is 5.99. The van der Waals surface area contributed by atoms with Gasteiger partial charge in [-0.3, -0.25) is 9.89 Å². The van der Waals surface area contributed by atoms with Crippen LogP contribution in [-0.2, 0) is 6.54 Å². The number of aromatic amines is 1. The van der Waals surface area contributed by atoms with Crippen LogP contribution in [0.1, 0.15) is 21.6 Å². The number of hydrogen-bond acceptors (Lipinski definition) is 4. The molecule has 0 unspecified atom stereocenters. The number of carbonyl (C=O) groups is 2. The minimum Gasteiger partial charge on any atom is -0.378 e. The first-order valence-corrected chi connectivity index (χ1v) is 8.20. The van der Waals surface area contributed by atoms with E-state index >= 15 is 0 Å². The minimum atomic E-state index is -0.539. The van der Waals surface area contributed by atoms with Gasteiger partial charge in [-0.1, -0.05) is 18.2 Å². The summed E-state index contributed by atoms with van der Waals surface area (Å²) < 4.78 is 13.7. The second-order valence-electron chi connectivity index (χ2n) is 5.93. The van der Waals surface area contributed by atoms with Gasteiger partial charge >= 0.3 is 6.03 Å². The van der Waals surface area contributed by atoms with Crippen molar-refractivity contribution in [1.29, 1.82) is 0 Å². The van der Waals surface area contributed by atoms with E-state index in [2.05, 4.69) is 26.1 Å². The smallest absolute Gasteiger partial charge is 0.323 e. The normalized spacial score (nSPS) is 10.3. The lowest BCUT2D eigenvalue weighted by molar-refractivity contribution is 0.111. The second-order valence-corrected chi connectivity index (χ2v) is 5.93. The topological polar surface area (TPSA) is 98.9 Å². The number of halogens is 1. The summed E-state index contributed by atoms with van der Waals surface area (Å²) in [5.41, 5.74) is 3.36. The Bertz CT molecular complexity index is 970. The van der Waals surface area contributed by atoms with Crippen LogP contribution in [0, 0.1) is 12.7 Å². The number of amides is 2. The van der Waals surface area contributed by atoms with Crippen LogP contribution in [-0.4, -0.2) is 22.5 Å². The van der Waals surface area contributed by atoms with Gasteiger partial charge in [-0.15, -0.1) is 0 Å².